The maximum Gasteiger partial charge on any atom is 0.244 e. The molecule has 0 spiro atoms. The summed E-state index contributed by atoms with van der Waals surface area (Å²) in [6, 6.07) is 12.7. The Morgan fingerprint density at radius 2 is 1.93 bits per heavy atom. The summed E-state index contributed by atoms with van der Waals surface area (Å²) in [6.07, 6.45) is 0. The third-order valence-electron chi connectivity index (χ3n) is 4.90. The number of nitrogens with one attached hydrogen (secondary N) is 1. The van der Waals surface area contributed by atoms with Crippen LogP contribution in [0.3, 0.4) is 0 Å². The van der Waals surface area contributed by atoms with Crippen molar-refractivity contribution in [3.8, 4) is 34.7 Å². The molecule has 0 amide bonds. The predicted molar refractivity (Wildman–Crippen MR) is 113 cm³/mol. The van der Waals surface area contributed by atoms with Crippen LogP contribution in [0.15, 0.2) is 47.9 Å². The minimum absolute atomic E-state index is 0.0138. The highest BCUT2D eigenvalue weighted by molar-refractivity contribution is 6.42. The number of halogens is 2. The molecule has 4 rings (SSSR count). The molecule has 0 bridgehead atoms. The van der Waals surface area contributed by atoms with Crippen LogP contribution in [-0.2, 0) is 0 Å². The van der Waals surface area contributed by atoms with Crippen molar-refractivity contribution < 1.29 is 14.2 Å². The van der Waals surface area contributed by atoms with E-state index >= 15 is 0 Å². The van der Waals surface area contributed by atoms with Crippen LogP contribution in [0.25, 0.3) is 11.3 Å². The molecule has 1 unspecified atom stereocenters. The van der Waals surface area contributed by atoms with Gasteiger partial charge in [-0.15, -0.1) is 5.10 Å². The van der Waals surface area contributed by atoms with Crippen LogP contribution in [0.5, 0.6) is 17.4 Å². The summed E-state index contributed by atoms with van der Waals surface area (Å²) < 4.78 is 16.5. The second-order valence-electron chi connectivity index (χ2n) is 6.48. The van der Waals surface area contributed by atoms with Gasteiger partial charge in [0.15, 0.2) is 0 Å². The number of H-pyrrole nitrogens is 1. The first-order valence-corrected chi connectivity index (χ1v) is 9.57. The number of methoxy groups -OCH3 is 2. The van der Waals surface area contributed by atoms with Gasteiger partial charge < -0.3 is 19.9 Å². The number of nitrogens with two attached hydrogens (primary N) is 1. The van der Waals surface area contributed by atoms with Gasteiger partial charge in [0.05, 0.1) is 41.4 Å². The smallest absolute Gasteiger partial charge is 0.244 e. The number of nitriles is 1. The van der Waals surface area contributed by atoms with Crippen molar-refractivity contribution in [1.82, 2.24) is 10.2 Å². The Morgan fingerprint density at radius 3 is 2.60 bits per heavy atom. The van der Waals surface area contributed by atoms with Gasteiger partial charge in [0.2, 0.25) is 11.8 Å². The SMILES string of the molecule is COc1ccc(C2C(C#N)=C(N)Oc3n[nH]c(-c4ccc(Cl)c(Cl)c4)c32)c(OC)c1. The van der Waals surface area contributed by atoms with Crippen molar-refractivity contribution in [2.75, 3.05) is 14.2 Å². The van der Waals surface area contributed by atoms with Gasteiger partial charge in [0.1, 0.15) is 23.1 Å². The molecule has 2 heterocycles. The lowest BCUT2D eigenvalue weighted by Crippen LogP contribution is -2.21. The fraction of sp³-hybridized carbons (Fsp3) is 0.143. The van der Waals surface area contributed by atoms with Crippen LogP contribution >= 0.6 is 23.2 Å². The summed E-state index contributed by atoms with van der Waals surface area (Å²) in [7, 11) is 3.12. The van der Waals surface area contributed by atoms with Gasteiger partial charge in [-0.25, -0.2) is 0 Å². The van der Waals surface area contributed by atoms with Crippen molar-refractivity contribution in [3.63, 3.8) is 0 Å². The molecule has 0 saturated carbocycles. The molecular formula is C21H16Cl2N4O3. The summed E-state index contributed by atoms with van der Waals surface area (Å²) in [4.78, 5) is 0. The third-order valence-corrected chi connectivity index (χ3v) is 5.64. The number of fused-ring (bicyclic) bond motifs is 1. The maximum absolute atomic E-state index is 9.86. The number of aromatic nitrogens is 2. The Morgan fingerprint density at radius 1 is 1.13 bits per heavy atom. The lowest BCUT2D eigenvalue weighted by molar-refractivity contribution is 0.373. The van der Waals surface area contributed by atoms with E-state index in [4.69, 9.17) is 43.1 Å². The number of hydrogen-bond donors (Lipinski definition) is 2. The fourth-order valence-corrected chi connectivity index (χ4v) is 3.78. The molecule has 30 heavy (non-hydrogen) atoms. The molecule has 0 radical (unpaired) electrons. The first-order valence-electron chi connectivity index (χ1n) is 8.81. The van der Waals surface area contributed by atoms with Gasteiger partial charge in [-0.1, -0.05) is 35.3 Å². The number of benzene rings is 2. The Kier molecular flexibility index (Phi) is 5.20. The minimum atomic E-state index is -0.581. The summed E-state index contributed by atoms with van der Waals surface area (Å²) >= 11 is 12.3. The van der Waals surface area contributed by atoms with E-state index in [0.717, 1.165) is 5.56 Å². The molecule has 1 atom stereocenters. The van der Waals surface area contributed by atoms with Crippen LogP contribution in [0.4, 0.5) is 0 Å². The maximum atomic E-state index is 9.86. The van der Waals surface area contributed by atoms with Crippen LogP contribution < -0.4 is 19.9 Å². The second kappa shape index (κ2) is 7.82. The van der Waals surface area contributed by atoms with Gasteiger partial charge in [0, 0.05) is 17.2 Å². The average Bonchev–Trinajstić information content (AvgIpc) is 3.17. The van der Waals surface area contributed by atoms with Crippen molar-refractivity contribution >= 4 is 23.2 Å². The number of rotatable bonds is 4. The van der Waals surface area contributed by atoms with Gasteiger partial charge in [0.25, 0.3) is 0 Å². The lowest BCUT2D eigenvalue weighted by atomic mass is 9.82. The third kappa shape index (κ3) is 3.20. The quantitative estimate of drug-likeness (QED) is 0.610. The topological polar surface area (TPSA) is 106 Å². The monoisotopic (exact) mass is 442 g/mol. The Hall–Kier alpha value is -3.34. The fourth-order valence-electron chi connectivity index (χ4n) is 3.48. The minimum Gasteiger partial charge on any atom is -0.497 e. The molecule has 0 saturated heterocycles. The molecule has 2 aromatic carbocycles. The molecule has 3 aromatic rings. The van der Waals surface area contributed by atoms with E-state index in [0.29, 0.717) is 38.4 Å². The van der Waals surface area contributed by atoms with E-state index in [-0.39, 0.29) is 17.3 Å². The Balaban J connectivity index is 1.97. The molecule has 1 aliphatic rings. The highest BCUT2D eigenvalue weighted by atomic mass is 35.5. The zero-order valence-corrected chi connectivity index (χ0v) is 17.5. The van der Waals surface area contributed by atoms with Gasteiger partial charge >= 0.3 is 0 Å². The number of ether oxygens (including phenoxy) is 3. The molecule has 3 N–H and O–H groups in total. The first kappa shape index (κ1) is 20.0. The summed E-state index contributed by atoms with van der Waals surface area (Å²) in [6.45, 7) is 0. The summed E-state index contributed by atoms with van der Waals surface area (Å²) in [5.41, 5.74) is 9.01. The van der Waals surface area contributed by atoms with Crippen LogP contribution in [-0.4, -0.2) is 24.4 Å². The van der Waals surface area contributed by atoms with Crippen molar-refractivity contribution in [1.29, 1.82) is 5.26 Å². The zero-order valence-electron chi connectivity index (χ0n) is 16.0. The predicted octanol–water partition coefficient (Wildman–Crippen LogP) is 4.62. The molecular weight excluding hydrogens is 427 g/mol. The first-order chi connectivity index (χ1) is 14.5. The van der Waals surface area contributed by atoms with Crippen LogP contribution in [0.2, 0.25) is 10.0 Å². The molecule has 1 aliphatic heterocycles. The number of hydrogen-bond acceptors (Lipinski definition) is 6. The molecule has 7 nitrogen and oxygen atoms in total. The standard InChI is InChI=1S/C21H16Cl2N4O3/c1-28-11-4-5-12(16(8-11)29-2)17-13(9-24)20(25)30-21-18(17)19(26-27-21)10-3-6-14(22)15(23)7-10/h3-8,17H,25H2,1-2H3,(H,26,27). The second-order valence-corrected chi connectivity index (χ2v) is 7.29. The summed E-state index contributed by atoms with van der Waals surface area (Å²) in [5, 5.41) is 17.9. The van der Waals surface area contributed by atoms with Gasteiger partial charge in [-0.2, -0.15) is 5.26 Å². The van der Waals surface area contributed by atoms with E-state index in [9.17, 15) is 5.26 Å². The van der Waals surface area contributed by atoms with E-state index in [1.165, 1.54) is 0 Å². The van der Waals surface area contributed by atoms with E-state index in [1.54, 1.807) is 44.6 Å². The molecule has 152 valence electrons. The largest absolute Gasteiger partial charge is 0.497 e. The number of aromatic amines is 1. The van der Waals surface area contributed by atoms with Crippen molar-refractivity contribution in [2.45, 2.75) is 5.92 Å². The Labute approximate surface area is 182 Å². The van der Waals surface area contributed by atoms with Crippen molar-refractivity contribution in [3.05, 3.63) is 69.0 Å². The molecule has 0 aliphatic carbocycles. The van der Waals surface area contributed by atoms with Crippen LogP contribution in [0, 0.1) is 11.3 Å². The normalized spacial score (nSPS) is 15.2. The lowest BCUT2D eigenvalue weighted by Gasteiger charge is -2.25. The Bertz CT molecular complexity index is 1210. The van der Waals surface area contributed by atoms with E-state index in [1.807, 2.05) is 6.07 Å². The number of nitrogens with zero attached hydrogens (tertiary/aromatic N) is 2. The van der Waals surface area contributed by atoms with E-state index in [2.05, 4.69) is 16.3 Å². The average molecular weight is 443 g/mol. The van der Waals surface area contributed by atoms with E-state index < -0.39 is 5.92 Å². The molecule has 1 aromatic heterocycles. The van der Waals surface area contributed by atoms with Gasteiger partial charge in [-0.05, 0) is 18.2 Å². The van der Waals surface area contributed by atoms with Gasteiger partial charge in [-0.3, -0.25) is 5.10 Å². The number of allylic oxidation sites excluding steroid dienone is 1. The van der Waals surface area contributed by atoms with Crippen molar-refractivity contribution in [2.24, 2.45) is 5.73 Å². The molecule has 9 heteroatoms. The molecule has 0 fully saturated rings. The van der Waals surface area contributed by atoms with Crippen LogP contribution in [0.1, 0.15) is 17.0 Å². The summed E-state index contributed by atoms with van der Waals surface area (Å²) in [5.74, 6) is 0.836. The highest BCUT2D eigenvalue weighted by Gasteiger charge is 2.37. The zero-order chi connectivity index (χ0) is 21.4. The highest BCUT2D eigenvalue weighted by Crippen LogP contribution is 2.48.